The van der Waals surface area contributed by atoms with E-state index in [1.807, 2.05) is 0 Å². The van der Waals surface area contributed by atoms with Crippen LogP contribution in [0.3, 0.4) is 0 Å². The van der Waals surface area contributed by atoms with Crippen LogP contribution < -0.4 is 10.5 Å². The molecule has 0 aliphatic heterocycles. The van der Waals surface area contributed by atoms with E-state index in [0.29, 0.717) is 41.8 Å². The van der Waals surface area contributed by atoms with E-state index in [4.69, 9.17) is 10.5 Å². The van der Waals surface area contributed by atoms with Crippen LogP contribution in [0.4, 0.5) is 13.2 Å². The fraction of sp³-hybridized carbons (Fsp3) is 0.476. The molecule has 1 aromatic carbocycles. The van der Waals surface area contributed by atoms with Crippen molar-refractivity contribution in [1.82, 2.24) is 9.78 Å². The number of nitrogens with zero attached hydrogens (tertiary/aromatic N) is 2. The normalized spacial score (nSPS) is 13.7. The highest BCUT2D eigenvalue weighted by atomic mass is 19.4. The molecule has 3 rings (SSSR count). The molecule has 0 fully saturated rings. The first-order valence-electron chi connectivity index (χ1n) is 9.96. The number of primary amides is 1. The minimum Gasteiger partial charge on any atom is -0.492 e. The molecule has 1 heterocycles. The van der Waals surface area contributed by atoms with E-state index in [2.05, 4.69) is 5.10 Å². The molecular weight excluding hydrogens is 399 g/mol. The van der Waals surface area contributed by atoms with Gasteiger partial charge in [0.15, 0.2) is 11.5 Å². The van der Waals surface area contributed by atoms with Crippen LogP contribution in [0.2, 0.25) is 0 Å². The number of carbonyl (C=O) groups excluding carboxylic acids is 2. The monoisotopic (exact) mass is 423 g/mol. The number of alkyl halides is 3. The SMILES string of the molecule is NC(=O)CCCC(=O)c1ccc(OCCn2nc(C(F)(F)F)c3c2CCCC3)cc1. The second-order valence-electron chi connectivity index (χ2n) is 7.32. The second kappa shape index (κ2) is 9.32. The average molecular weight is 423 g/mol. The van der Waals surface area contributed by atoms with Gasteiger partial charge in [0.25, 0.3) is 0 Å². The van der Waals surface area contributed by atoms with Gasteiger partial charge in [0.2, 0.25) is 5.91 Å². The number of aromatic nitrogens is 2. The summed E-state index contributed by atoms with van der Waals surface area (Å²) in [6.45, 7) is 0.379. The van der Waals surface area contributed by atoms with E-state index in [-0.39, 0.29) is 31.8 Å². The van der Waals surface area contributed by atoms with Gasteiger partial charge in [-0.05, 0) is 56.4 Å². The number of amides is 1. The molecule has 0 unspecified atom stereocenters. The highest BCUT2D eigenvalue weighted by Gasteiger charge is 2.39. The van der Waals surface area contributed by atoms with Crippen molar-refractivity contribution in [2.24, 2.45) is 5.73 Å². The first-order valence-corrected chi connectivity index (χ1v) is 9.96. The second-order valence-corrected chi connectivity index (χ2v) is 7.32. The van der Waals surface area contributed by atoms with Gasteiger partial charge < -0.3 is 10.5 Å². The maximum absolute atomic E-state index is 13.2. The number of hydrogen-bond acceptors (Lipinski definition) is 4. The lowest BCUT2D eigenvalue weighted by atomic mass is 9.95. The van der Waals surface area contributed by atoms with Crippen molar-refractivity contribution in [3.05, 3.63) is 46.8 Å². The zero-order valence-electron chi connectivity index (χ0n) is 16.5. The minimum atomic E-state index is -4.45. The summed E-state index contributed by atoms with van der Waals surface area (Å²) < 4.78 is 46.8. The lowest BCUT2D eigenvalue weighted by Gasteiger charge is -2.15. The first-order chi connectivity index (χ1) is 14.3. The van der Waals surface area contributed by atoms with Gasteiger partial charge in [0.1, 0.15) is 12.4 Å². The van der Waals surface area contributed by atoms with Gasteiger partial charge in [-0.25, -0.2) is 0 Å². The third-order valence-corrected chi connectivity index (χ3v) is 5.10. The molecule has 1 aliphatic carbocycles. The van der Waals surface area contributed by atoms with Crippen molar-refractivity contribution in [3.63, 3.8) is 0 Å². The molecule has 0 radical (unpaired) electrons. The van der Waals surface area contributed by atoms with Crippen molar-refractivity contribution in [2.45, 2.75) is 57.7 Å². The van der Waals surface area contributed by atoms with Crippen molar-refractivity contribution in [3.8, 4) is 5.75 Å². The summed E-state index contributed by atoms with van der Waals surface area (Å²) in [6, 6.07) is 6.53. The van der Waals surface area contributed by atoms with Gasteiger partial charge in [0, 0.05) is 29.7 Å². The average Bonchev–Trinajstić information content (AvgIpc) is 3.07. The number of carbonyl (C=O) groups is 2. The maximum Gasteiger partial charge on any atom is 0.435 e. The van der Waals surface area contributed by atoms with E-state index in [1.165, 1.54) is 4.68 Å². The molecule has 1 aromatic heterocycles. The van der Waals surface area contributed by atoms with Crippen molar-refractivity contribution < 1.29 is 27.5 Å². The number of Topliss-reactive ketones (excluding diaryl/α,β-unsaturated/α-hetero) is 1. The molecule has 0 saturated heterocycles. The molecule has 0 atom stereocenters. The van der Waals surface area contributed by atoms with E-state index in [1.54, 1.807) is 24.3 Å². The molecule has 2 N–H and O–H groups in total. The van der Waals surface area contributed by atoms with E-state index in [0.717, 1.165) is 12.8 Å². The summed E-state index contributed by atoms with van der Waals surface area (Å²) in [6.07, 6.45) is -1.06. The molecule has 0 spiro atoms. The number of benzene rings is 1. The molecule has 0 bridgehead atoms. The predicted molar refractivity (Wildman–Crippen MR) is 103 cm³/mol. The Labute approximate surface area is 172 Å². The number of fused-ring (bicyclic) bond motifs is 1. The van der Waals surface area contributed by atoms with Crippen molar-refractivity contribution >= 4 is 11.7 Å². The Balaban J connectivity index is 1.56. The molecule has 0 saturated carbocycles. The van der Waals surface area contributed by atoms with Gasteiger partial charge in [-0.3, -0.25) is 14.3 Å². The number of ketones is 1. The van der Waals surface area contributed by atoms with E-state index in [9.17, 15) is 22.8 Å². The first kappa shape index (κ1) is 21.9. The highest BCUT2D eigenvalue weighted by molar-refractivity contribution is 5.96. The van der Waals surface area contributed by atoms with Crippen LogP contribution in [0, 0.1) is 0 Å². The number of ether oxygens (including phenoxy) is 1. The van der Waals surface area contributed by atoms with Crippen molar-refractivity contribution in [2.75, 3.05) is 6.61 Å². The topological polar surface area (TPSA) is 87.2 Å². The third kappa shape index (κ3) is 5.40. The molecule has 30 heavy (non-hydrogen) atoms. The predicted octanol–water partition coefficient (Wildman–Crippen LogP) is 3.70. The molecule has 9 heteroatoms. The summed E-state index contributed by atoms with van der Waals surface area (Å²) in [5.41, 5.74) is 5.74. The quantitative estimate of drug-likeness (QED) is 0.623. The number of rotatable bonds is 9. The fourth-order valence-electron chi connectivity index (χ4n) is 3.64. The summed E-state index contributed by atoms with van der Waals surface area (Å²) in [4.78, 5) is 22.8. The van der Waals surface area contributed by atoms with Gasteiger partial charge in [-0.2, -0.15) is 18.3 Å². The Morgan fingerprint density at radius 2 is 1.80 bits per heavy atom. The van der Waals surface area contributed by atoms with Crippen LogP contribution in [0.1, 0.15) is 59.4 Å². The van der Waals surface area contributed by atoms with Crippen LogP contribution in [0.5, 0.6) is 5.75 Å². The van der Waals surface area contributed by atoms with E-state index >= 15 is 0 Å². The Morgan fingerprint density at radius 1 is 1.10 bits per heavy atom. The maximum atomic E-state index is 13.2. The van der Waals surface area contributed by atoms with Crippen LogP contribution >= 0.6 is 0 Å². The zero-order valence-corrected chi connectivity index (χ0v) is 16.5. The largest absolute Gasteiger partial charge is 0.492 e. The third-order valence-electron chi connectivity index (χ3n) is 5.10. The lowest BCUT2D eigenvalue weighted by Crippen LogP contribution is -2.14. The smallest absolute Gasteiger partial charge is 0.435 e. The molecule has 1 amide bonds. The van der Waals surface area contributed by atoms with Crippen LogP contribution in [0.25, 0.3) is 0 Å². The van der Waals surface area contributed by atoms with Gasteiger partial charge in [-0.15, -0.1) is 0 Å². The zero-order chi connectivity index (χ0) is 21.7. The molecular formula is C21H24F3N3O3. The van der Waals surface area contributed by atoms with Crippen LogP contribution in [0.15, 0.2) is 24.3 Å². The van der Waals surface area contributed by atoms with E-state index < -0.39 is 17.8 Å². The standard InChI is InChI=1S/C21H24F3N3O3/c22-21(23,24)20-16-4-1-2-5-17(16)27(26-20)12-13-30-15-10-8-14(9-11-15)18(28)6-3-7-19(25)29/h8-11H,1-7,12-13H2,(H2,25,29). The van der Waals surface area contributed by atoms with Crippen molar-refractivity contribution in [1.29, 1.82) is 0 Å². The Morgan fingerprint density at radius 3 is 2.47 bits per heavy atom. The summed E-state index contributed by atoms with van der Waals surface area (Å²) in [5.74, 6) is -0.0150. The van der Waals surface area contributed by atoms with Crippen LogP contribution in [-0.4, -0.2) is 28.1 Å². The molecule has 1 aliphatic rings. The highest BCUT2D eigenvalue weighted by Crippen LogP contribution is 2.35. The minimum absolute atomic E-state index is 0.0920. The van der Waals surface area contributed by atoms with Crippen LogP contribution in [-0.2, 0) is 30.4 Å². The Kier molecular flexibility index (Phi) is 6.79. The summed E-state index contributed by atoms with van der Waals surface area (Å²) in [7, 11) is 0. The molecule has 6 nitrogen and oxygen atoms in total. The Hall–Kier alpha value is -2.84. The van der Waals surface area contributed by atoms with Gasteiger partial charge >= 0.3 is 6.18 Å². The van der Waals surface area contributed by atoms with Gasteiger partial charge in [0.05, 0.1) is 6.54 Å². The Bertz CT molecular complexity index is 905. The summed E-state index contributed by atoms with van der Waals surface area (Å²) in [5, 5.41) is 3.81. The summed E-state index contributed by atoms with van der Waals surface area (Å²) >= 11 is 0. The number of nitrogens with two attached hydrogens (primary N) is 1. The number of halogens is 3. The fourth-order valence-corrected chi connectivity index (χ4v) is 3.64. The molecule has 162 valence electrons. The lowest BCUT2D eigenvalue weighted by molar-refractivity contribution is -0.142. The number of hydrogen-bond donors (Lipinski definition) is 1. The molecule has 2 aromatic rings. The van der Waals surface area contributed by atoms with Gasteiger partial charge in [-0.1, -0.05) is 0 Å².